The van der Waals surface area contributed by atoms with Crippen LogP contribution < -0.4 is 0 Å². The Hall–Kier alpha value is -3.54. The van der Waals surface area contributed by atoms with E-state index in [1.807, 2.05) is 27.7 Å². The van der Waals surface area contributed by atoms with Gasteiger partial charge in [0.25, 0.3) is 0 Å². The Morgan fingerprint density at radius 1 is 0.433 bits per heavy atom. The molecular formula is C24H24N6. The smallest absolute Gasteiger partial charge is 0.163 e. The molecule has 0 fully saturated rings. The van der Waals surface area contributed by atoms with Gasteiger partial charge in [-0.2, -0.15) is 0 Å². The average molecular weight is 396 g/mol. The highest BCUT2D eigenvalue weighted by Crippen LogP contribution is 2.33. The maximum atomic E-state index is 4.53. The van der Waals surface area contributed by atoms with Gasteiger partial charge in [-0.15, -0.1) is 0 Å². The molecule has 0 saturated carbocycles. The van der Waals surface area contributed by atoms with Crippen molar-refractivity contribution >= 4 is 0 Å². The van der Waals surface area contributed by atoms with Crippen molar-refractivity contribution in [2.75, 3.05) is 0 Å². The van der Waals surface area contributed by atoms with Crippen LogP contribution in [0.3, 0.4) is 0 Å². The van der Waals surface area contributed by atoms with Crippen LogP contribution >= 0.6 is 0 Å². The van der Waals surface area contributed by atoms with Crippen molar-refractivity contribution < 1.29 is 0 Å². The van der Waals surface area contributed by atoms with E-state index in [1.165, 1.54) is 11.1 Å². The first-order valence-corrected chi connectivity index (χ1v) is 9.91. The second kappa shape index (κ2) is 7.71. The van der Waals surface area contributed by atoms with Crippen LogP contribution in [0.1, 0.15) is 34.4 Å². The molecule has 6 heteroatoms. The van der Waals surface area contributed by atoms with Crippen LogP contribution in [0.5, 0.6) is 0 Å². The van der Waals surface area contributed by atoms with Gasteiger partial charge in [-0.25, -0.2) is 29.9 Å². The fourth-order valence-corrected chi connectivity index (χ4v) is 3.59. The lowest BCUT2D eigenvalue weighted by atomic mass is 9.93. The fraction of sp³-hybridized carbons (Fsp3) is 0.250. The highest BCUT2D eigenvalue weighted by atomic mass is 15.0. The predicted octanol–water partition coefficient (Wildman–Crippen LogP) is 4.91. The van der Waals surface area contributed by atoms with Crippen molar-refractivity contribution in [3.05, 3.63) is 70.8 Å². The Morgan fingerprint density at radius 3 is 1.10 bits per heavy atom. The number of hydrogen-bond donors (Lipinski definition) is 0. The third kappa shape index (κ3) is 3.94. The molecule has 0 aliphatic carbocycles. The summed E-state index contributed by atoms with van der Waals surface area (Å²) in [5, 5.41) is 0. The van der Waals surface area contributed by atoms with E-state index in [9.17, 15) is 0 Å². The van der Waals surface area contributed by atoms with Gasteiger partial charge in [0.15, 0.2) is 11.6 Å². The van der Waals surface area contributed by atoms with E-state index in [-0.39, 0.29) is 0 Å². The zero-order chi connectivity index (χ0) is 21.4. The Bertz CT molecular complexity index is 1120. The molecule has 4 aromatic rings. The van der Waals surface area contributed by atoms with Crippen LogP contribution in [0.25, 0.3) is 33.9 Å². The van der Waals surface area contributed by atoms with Gasteiger partial charge in [-0.1, -0.05) is 24.3 Å². The van der Waals surface area contributed by atoms with E-state index in [0.717, 1.165) is 45.6 Å². The zero-order valence-corrected chi connectivity index (χ0v) is 18.1. The lowest BCUT2D eigenvalue weighted by Crippen LogP contribution is -2.00. The van der Waals surface area contributed by atoms with Crippen LogP contribution in [-0.4, -0.2) is 29.9 Å². The molecule has 4 rings (SSSR count). The molecule has 0 radical (unpaired) electrons. The molecule has 30 heavy (non-hydrogen) atoms. The first-order valence-electron chi connectivity index (χ1n) is 9.91. The summed E-state index contributed by atoms with van der Waals surface area (Å²) >= 11 is 0. The molecule has 0 aliphatic heterocycles. The number of aryl methyl sites for hydroxylation is 6. The molecule has 0 spiro atoms. The van der Waals surface area contributed by atoms with Crippen molar-refractivity contribution in [2.24, 2.45) is 0 Å². The van der Waals surface area contributed by atoms with Crippen molar-refractivity contribution in [2.45, 2.75) is 41.5 Å². The molecule has 0 bridgehead atoms. The molecule has 0 aliphatic rings. The minimum atomic E-state index is 0.693. The van der Waals surface area contributed by atoms with E-state index in [0.29, 0.717) is 11.6 Å². The minimum Gasteiger partial charge on any atom is -0.219 e. The van der Waals surface area contributed by atoms with Crippen molar-refractivity contribution in [1.82, 2.24) is 29.9 Å². The van der Waals surface area contributed by atoms with Crippen LogP contribution in [0.2, 0.25) is 0 Å². The monoisotopic (exact) mass is 396 g/mol. The molecule has 2 aromatic carbocycles. The normalized spacial score (nSPS) is 11.0. The molecule has 150 valence electrons. The first-order chi connectivity index (χ1) is 14.3. The second-order valence-corrected chi connectivity index (χ2v) is 7.57. The highest BCUT2D eigenvalue weighted by molar-refractivity contribution is 5.78. The summed E-state index contributed by atoms with van der Waals surface area (Å²) in [5.74, 6) is 4.27. The van der Waals surface area contributed by atoms with E-state index in [1.54, 1.807) is 0 Å². The molecule has 0 unspecified atom stereocenters. The maximum Gasteiger partial charge on any atom is 0.163 e. The van der Waals surface area contributed by atoms with Gasteiger partial charge in [-0.3, -0.25) is 0 Å². The number of nitrogens with zero attached hydrogens (tertiary/aromatic N) is 6. The topological polar surface area (TPSA) is 77.3 Å². The lowest BCUT2D eigenvalue weighted by molar-refractivity contribution is 0.927. The Balaban J connectivity index is 1.86. The molecule has 6 nitrogen and oxygen atoms in total. The van der Waals surface area contributed by atoms with Gasteiger partial charge < -0.3 is 0 Å². The quantitative estimate of drug-likeness (QED) is 0.490. The van der Waals surface area contributed by atoms with Crippen molar-refractivity contribution in [1.29, 1.82) is 0 Å². The van der Waals surface area contributed by atoms with Crippen molar-refractivity contribution in [3.63, 3.8) is 0 Å². The second-order valence-electron chi connectivity index (χ2n) is 7.57. The van der Waals surface area contributed by atoms with Crippen LogP contribution in [0, 0.1) is 41.5 Å². The number of rotatable bonds is 3. The minimum absolute atomic E-state index is 0.693. The molecule has 0 amide bonds. The maximum absolute atomic E-state index is 4.53. The van der Waals surface area contributed by atoms with Crippen molar-refractivity contribution in [3.8, 4) is 33.9 Å². The largest absolute Gasteiger partial charge is 0.219 e. The third-order valence-corrected chi connectivity index (χ3v) is 5.00. The van der Waals surface area contributed by atoms with Crippen LogP contribution in [0.4, 0.5) is 0 Å². The molecule has 2 aromatic heterocycles. The van der Waals surface area contributed by atoms with Gasteiger partial charge in [-0.05, 0) is 75.9 Å². The van der Waals surface area contributed by atoms with Gasteiger partial charge in [0.05, 0.1) is 0 Å². The van der Waals surface area contributed by atoms with E-state index in [4.69, 9.17) is 0 Å². The highest BCUT2D eigenvalue weighted by Gasteiger charge is 2.13. The number of hydrogen-bond acceptors (Lipinski definition) is 6. The SMILES string of the molecule is Cc1nc(C)nc(-c2ccc(C)c(-c3cc(-c4nc(C)nc(C)n4)ccc3C)c2)n1. The summed E-state index contributed by atoms with van der Waals surface area (Å²) in [4.78, 5) is 26.7. The molecular weight excluding hydrogens is 372 g/mol. The van der Waals surface area contributed by atoms with Gasteiger partial charge in [0, 0.05) is 11.1 Å². The summed E-state index contributed by atoms with van der Waals surface area (Å²) in [5.41, 5.74) is 6.60. The number of benzene rings is 2. The summed E-state index contributed by atoms with van der Waals surface area (Å²) < 4.78 is 0. The first kappa shape index (κ1) is 19.8. The molecule has 0 atom stereocenters. The van der Waals surface area contributed by atoms with E-state index in [2.05, 4.69) is 80.1 Å². The molecule has 0 saturated heterocycles. The Kier molecular flexibility index (Phi) is 5.08. The zero-order valence-electron chi connectivity index (χ0n) is 18.1. The van der Waals surface area contributed by atoms with E-state index < -0.39 is 0 Å². The number of aromatic nitrogens is 6. The Morgan fingerprint density at radius 2 is 0.767 bits per heavy atom. The predicted molar refractivity (Wildman–Crippen MR) is 118 cm³/mol. The standard InChI is InChI=1S/C24H24N6/c1-13-7-9-19(23-27-15(3)25-16(4)28-23)11-21(13)22-12-20(10-8-14(22)2)24-29-17(5)26-18(6)30-24/h7-12H,1-6H3. The van der Waals surface area contributed by atoms with Crippen LogP contribution in [0.15, 0.2) is 36.4 Å². The Labute approximate surface area is 176 Å². The van der Waals surface area contributed by atoms with Gasteiger partial charge >= 0.3 is 0 Å². The fourth-order valence-electron chi connectivity index (χ4n) is 3.59. The third-order valence-electron chi connectivity index (χ3n) is 5.00. The van der Waals surface area contributed by atoms with Crippen LogP contribution in [-0.2, 0) is 0 Å². The molecule has 2 heterocycles. The summed E-state index contributed by atoms with van der Waals surface area (Å²) in [6, 6.07) is 12.7. The lowest BCUT2D eigenvalue weighted by Gasteiger charge is -2.13. The van der Waals surface area contributed by atoms with Gasteiger partial charge in [0.1, 0.15) is 23.3 Å². The summed E-state index contributed by atoms with van der Waals surface area (Å²) in [6.07, 6.45) is 0. The molecule has 0 N–H and O–H groups in total. The average Bonchev–Trinajstić information content (AvgIpc) is 2.67. The van der Waals surface area contributed by atoms with Gasteiger partial charge in [0.2, 0.25) is 0 Å². The summed E-state index contributed by atoms with van der Waals surface area (Å²) in [7, 11) is 0. The summed E-state index contributed by atoms with van der Waals surface area (Å²) in [6.45, 7) is 11.8. The van der Waals surface area contributed by atoms with E-state index >= 15 is 0 Å².